The van der Waals surface area contributed by atoms with Gasteiger partial charge in [0, 0.05) is 19.6 Å². The molecule has 0 aliphatic carbocycles. The van der Waals surface area contributed by atoms with E-state index in [-0.39, 0.29) is 0 Å². The molecule has 5 heteroatoms. The minimum absolute atomic E-state index is 0.495. The van der Waals surface area contributed by atoms with E-state index in [2.05, 4.69) is 27.1 Å². The Kier molecular flexibility index (Phi) is 4.05. The molecule has 1 aromatic rings. The van der Waals surface area contributed by atoms with Crippen molar-refractivity contribution in [1.82, 2.24) is 9.97 Å². The van der Waals surface area contributed by atoms with E-state index >= 15 is 0 Å². The first kappa shape index (κ1) is 12.4. The number of halogens is 1. The van der Waals surface area contributed by atoms with Gasteiger partial charge in [0.15, 0.2) is 5.82 Å². The molecule has 0 spiro atoms. The van der Waals surface area contributed by atoms with Crippen LogP contribution in [0.3, 0.4) is 0 Å². The summed E-state index contributed by atoms with van der Waals surface area (Å²) in [4.78, 5) is 10.9. The fraction of sp³-hybridized carbons (Fsp3) is 0.667. The summed E-state index contributed by atoms with van der Waals surface area (Å²) >= 11 is 6.21. The topological polar surface area (TPSA) is 41.1 Å². The van der Waals surface area contributed by atoms with Crippen molar-refractivity contribution in [2.45, 2.75) is 38.6 Å². The van der Waals surface area contributed by atoms with Crippen molar-refractivity contribution in [3.63, 3.8) is 0 Å². The smallest absolute Gasteiger partial charge is 0.224 e. The van der Waals surface area contributed by atoms with Gasteiger partial charge in [-0.1, -0.05) is 24.4 Å². The van der Waals surface area contributed by atoms with Crippen LogP contribution in [0.1, 0.15) is 32.6 Å². The van der Waals surface area contributed by atoms with E-state index in [1.807, 2.05) is 7.05 Å². The van der Waals surface area contributed by atoms with Gasteiger partial charge in [-0.15, -0.1) is 0 Å². The largest absolute Gasteiger partial charge is 0.357 e. The van der Waals surface area contributed by atoms with Crippen molar-refractivity contribution in [2.24, 2.45) is 0 Å². The lowest BCUT2D eigenvalue weighted by Gasteiger charge is -2.29. The zero-order valence-electron chi connectivity index (χ0n) is 10.4. The molecule has 0 bridgehead atoms. The van der Waals surface area contributed by atoms with Gasteiger partial charge in [-0.2, -0.15) is 4.98 Å². The molecule has 17 heavy (non-hydrogen) atoms. The highest BCUT2D eigenvalue weighted by Crippen LogP contribution is 2.28. The SMILES string of the molecule is CNc1ncc(Cl)c(N2CCCCCC2C)n1. The fourth-order valence-electron chi connectivity index (χ4n) is 2.27. The second kappa shape index (κ2) is 5.54. The first-order chi connectivity index (χ1) is 8.22. The van der Waals surface area contributed by atoms with E-state index in [1.54, 1.807) is 6.20 Å². The molecule has 2 heterocycles. The minimum atomic E-state index is 0.495. The molecule has 1 N–H and O–H groups in total. The molecule has 0 amide bonds. The molecule has 1 unspecified atom stereocenters. The average Bonchev–Trinajstić information content (AvgIpc) is 2.55. The van der Waals surface area contributed by atoms with Crippen molar-refractivity contribution < 1.29 is 0 Å². The maximum absolute atomic E-state index is 6.21. The van der Waals surface area contributed by atoms with Crippen LogP contribution in [0.2, 0.25) is 5.02 Å². The molecule has 0 radical (unpaired) electrons. The van der Waals surface area contributed by atoms with Crippen LogP contribution in [0.5, 0.6) is 0 Å². The summed E-state index contributed by atoms with van der Waals surface area (Å²) in [5.74, 6) is 1.49. The predicted octanol–water partition coefficient (Wildman–Crippen LogP) is 2.94. The van der Waals surface area contributed by atoms with Crippen molar-refractivity contribution in [1.29, 1.82) is 0 Å². The van der Waals surface area contributed by atoms with Gasteiger partial charge in [0.25, 0.3) is 0 Å². The molecule has 1 atom stereocenters. The molecule has 2 rings (SSSR count). The maximum atomic E-state index is 6.21. The highest BCUT2D eigenvalue weighted by atomic mass is 35.5. The highest BCUT2D eigenvalue weighted by molar-refractivity contribution is 6.32. The molecule has 1 aromatic heterocycles. The summed E-state index contributed by atoms with van der Waals surface area (Å²) in [6.07, 6.45) is 6.67. The van der Waals surface area contributed by atoms with Crippen molar-refractivity contribution in [3.05, 3.63) is 11.2 Å². The van der Waals surface area contributed by atoms with E-state index in [0.717, 1.165) is 12.4 Å². The summed E-state index contributed by atoms with van der Waals surface area (Å²) in [6, 6.07) is 0.495. The van der Waals surface area contributed by atoms with Crippen LogP contribution in [-0.2, 0) is 0 Å². The Morgan fingerprint density at radius 1 is 1.41 bits per heavy atom. The van der Waals surface area contributed by atoms with E-state index in [4.69, 9.17) is 11.6 Å². The lowest BCUT2D eigenvalue weighted by Crippen LogP contribution is -2.33. The van der Waals surface area contributed by atoms with Crippen LogP contribution in [0.15, 0.2) is 6.20 Å². The van der Waals surface area contributed by atoms with Crippen LogP contribution < -0.4 is 10.2 Å². The van der Waals surface area contributed by atoms with Crippen LogP contribution in [0.4, 0.5) is 11.8 Å². The molecule has 94 valence electrons. The Balaban J connectivity index is 2.29. The highest BCUT2D eigenvalue weighted by Gasteiger charge is 2.21. The van der Waals surface area contributed by atoms with Crippen LogP contribution >= 0.6 is 11.6 Å². The van der Waals surface area contributed by atoms with Gasteiger partial charge in [0.05, 0.1) is 6.20 Å². The first-order valence-corrected chi connectivity index (χ1v) is 6.57. The van der Waals surface area contributed by atoms with Gasteiger partial charge in [-0.3, -0.25) is 0 Å². The maximum Gasteiger partial charge on any atom is 0.224 e. The monoisotopic (exact) mass is 254 g/mol. The third-order valence-corrected chi connectivity index (χ3v) is 3.54. The molecule has 1 fully saturated rings. The number of hydrogen-bond donors (Lipinski definition) is 1. The number of rotatable bonds is 2. The summed E-state index contributed by atoms with van der Waals surface area (Å²) in [5.41, 5.74) is 0. The zero-order valence-corrected chi connectivity index (χ0v) is 11.2. The van der Waals surface area contributed by atoms with Crippen molar-refractivity contribution in [2.75, 3.05) is 23.8 Å². The van der Waals surface area contributed by atoms with Gasteiger partial charge < -0.3 is 10.2 Å². The predicted molar refractivity (Wildman–Crippen MR) is 71.9 cm³/mol. The molecule has 0 aromatic carbocycles. The van der Waals surface area contributed by atoms with Gasteiger partial charge in [0.1, 0.15) is 5.02 Å². The van der Waals surface area contributed by atoms with E-state index < -0.39 is 0 Å². The quantitative estimate of drug-likeness (QED) is 0.881. The summed E-state index contributed by atoms with van der Waals surface area (Å²) in [5, 5.41) is 3.59. The second-order valence-electron chi connectivity index (χ2n) is 4.51. The van der Waals surface area contributed by atoms with Gasteiger partial charge in [0.2, 0.25) is 5.95 Å². The lowest BCUT2D eigenvalue weighted by molar-refractivity contribution is 0.611. The Morgan fingerprint density at radius 2 is 2.24 bits per heavy atom. The zero-order chi connectivity index (χ0) is 12.3. The van der Waals surface area contributed by atoms with Crippen LogP contribution in [0.25, 0.3) is 0 Å². The standard InChI is InChI=1S/C12H19ClN4/c1-9-6-4-3-5-7-17(9)11-10(13)8-15-12(14-2)16-11/h8-9H,3-7H2,1-2H3,(H,14,15,16). The fourth-order valence-corrected chi connectivity index (χ4v) is 2.47. The number of aromatic nitrogens is 2. The third-order valence-electron chi connectivity index (χ3n) is 3.27. The summed E-state index contributed by atoms with van der Waals surface area (Å²) in [7, 11) is 1.82. The molecule has 0 saturated carbocycles. The summed E-state index contributed by atoms with van der Waals surface area (Å²) < 4.78 is 0. The third kappa shape index (κ3) is 2.80. The Bertz CT molecular complexity index is 383. The Morgan fingerprint density at radius 3 is 3.00 bits per heavy atom. The van der Waals surface area contributed by atoms with Gasteiger partial charge >= 0.3 is 0 Å². The van der Waals surface area contributed by atoms with Crippen molar-refractivity contribution in [3.8, 4) is 0 Å². The van der Waals surface area contributed by atoms with Crippen molar-refractivity contribution >= 4 is 23.4 Å². The molecule has 1 saturated heterocycles. The average molecular weight is 255 g/mol. The summed E-state index contributed by atoms with van der Waals surface area (Å²) in [6.45, 7) is 3.27. The first-order valence-electron chi connectivity index (χ1n) is 6.19. The molecule has 4 nitrogen and oxygen atoms in total. The second-order valence-corrected chi connectivity index (χ2v) is 4.91. The number of nitrogens with zero attached hydrogens (tertiary/aromatic N) is 3. The number of hydrogen-bond acceptors (Lipinski definition) is 4. The molecular weight excluding hydrogens is 236 g/mol. The molecule has 1 aliphatic heterocycles. The Hall–Kier alpha value is -1.03. The van der Waals surface area contributed by atoms with Gasteiger partial charge in [-0.25, -0.2) is 4.98 Å². The van der Waals surface area contributed by atoms with E-state index in [1.165, 1.54) is 25.7 Å². The van der Waals surface area contributed by atoms with E-state index in [9.17, 15) is 0 Å². The van der Waals surface area contributed by atoms with Gasteiger partial charge in [-0.05, 0) is 19.8 Å². The molecular formula is C12H19ClN4. The Labute approximate surface area is 107 Å². The number of nitrogens with one attached hydrogen (secondary N) is 1. The van der Waals surface area contributed by atoms with Crippen LogP contribution in [-0.4, -0.2) is 29.6 Å². The normalized spacial score (nSPS) is 21.1. The van der Waals surface area contributed by atoms with E-state index in [0.29, 0.717) is 17.0 Å². The lowest BCUT2D eigenvalue weighted by atomic mass is 10.1. The minimum Gasteiger partial charge on any atom is -0.357 e. The molecule has 1 aliphatic rings. The van der Waals surface area contributed by atoms with Crippen LogP contribution in [0, 0.1) is 0 Å². The number of anilines is 2.